The number of aromatic amines is 1. The van der Waals surface area contributed by atoms with Gasteiger partial charge < -0.3 is 9.84 Å². The highest BCUT2D eigenvalue weighted by Gasteiger charge is 2.15. The topological polar surface area (TPSA) is 124 Å². The summed E-state index contributed by atoms with van der Waals surface area (Å²) in [7, 11) is 3.33. The third-order valence-corrected chi connectivity index (χ3v) is 5.13. The number of aromatic nitrogens is 4. The molecule has 4 aromatic rings. The Bertz CT molecular complexity index is 1520. The highest BCUT2D eigenvalue weighted by molar-refractivity contribution is 5.86. The number of ether oxygens (including phenoxy) is 1. The van der Waals surface area contributed by atoms with Gasteiger partial charge in [-0.05, 0) is 49.4 Å². The Morgan fingerprint density at radius 2 is 1.72 bits per heavy atom. The van der Waals surface area contributed by atoms with Crippen LogP contribution in [0.4, 0.5) is 5.69 Å². The predicted octanol–water partition coefficient (Wildman–Crippen LogP) is 1.57. The Kier molecular flexibility index (Phi) is 5.27. The molecule has 4 rings (SSSR count). The molecule has 164 valence electrons. The summed E-state index contributed by atoms with van der Waals surface area (Å²) in [5.41, 5.74) is 0.323. The van der Waals surface area contributed by atoms with E-state index in [1.54, 1.807) is 56.6 Å². The second-order valence-corrected chi connectivity index (χ2v) is 7.09. The normalized spacial score (nSPS) is 11.5. The van der Waals surface area contributed by atoms with Crippen molar-refractivity contribution in [3.63, 3.8) is 0 Å². The number of hydrogen-bond donors (Lipinski definition) is 2. The van der Waals surface area contributed by atoms with Crippen molar-refractivity contribution in [2.75, 3.05) is 6.61 Å². The lowest BCUT2D eigenvalue weighted by Crippen LogP contribution is -2.31. The van der Waals surface area contributed by atoms with E-state index in [1.165, 1.54) is 15.3 Å². The SMILES string of the molecule is CCOc1ccc(-n2c(O)c(C=Nc3ccc4c(c3)n(C)c(=O)n4C)c(=O)[nH]c2=O)cc1. The van der Waals surface area contributed by atoms with Crippen molar-refractivity contribution in [2.45, 2.75) is 6.92 Å². The molecular formula is C22H21N5O5. The van der Waals surface area contributed by atoms with Crippen LogP contribution in [0.25, 0.3) is 16.7 Å². The fourth-order valence-corrected chi connectivity index (χ4v) is 3.47. The van der Waals surface area contributed by atoms with E-state index in [0.717, 1.165) is 10.1 Å². The average molecular weight is 435 g/mol. The molecule has 0 unspecified atom stereocenters. The van der Waals surface area contributed by atoms with E-state index in [0.29, 0.717) is 29.2 Å². The molecule has 0 aliphatic rings. The first kappa shape index (κ1) is 20.9. The molecule has 0 amide bonds. The number of fused-ring (bicyclic) bond motifs is 1. The van der Waals surface area contributed by atoms with E-state index >= 15 is 0 Å². The quantitative estimate of drug-likeness (QED) is 0.461. The Morgan fingerprint density at radius 1 is 1.03 bits per heavy atom. The number of aliphatic imine (C=N–C) groups is 1. The number of rotatable bonds is 5. The van der Waals surface area contributed by atoms with Crippen molar-refractivity contribution in [3.05, 3.63) is 79.4 Å². The predicted molar refractivity (Wildman–Crippen MR) is 121 cm³/mol. The monoisotopic (exact) mass is 435 g/mol. The molecule has 2 aromatic carbocycles. The molecule has 2 aromatic heterocycles. The van der Waals surface area contributed by atoms with E-state index in [1.807, 2.05) is 6.92 Å². The van der Waals surface area contributed by atoms with Crippen LogP contribution >= 0.6 is 0 Å². The van der Waals surface area contributed by atoms with Gasteiger partial charge in [-0.2, -0.15) is 0 Å². The zero-order chi connectivity index (χ0) is 23.0. The van der Waals surface area contributed by atoms with Gasteiger partial charge in [0.1, 0.15) is 11.3 Å². The molecule has 0 spiro atoms. The Balaban J connectivity index is 1.77. The van der Waals surface area contributed by atoms with Gasteiger partial charge in [-0.15, -0.1) is 0 Å². The van der Waals surface area contributed by atoms with Crippen molar-refractivity contribution >= 4 is 22.9 Å². The number of H-pyrrole nitrogens is 1. The maximum Gasteiger partial charge on any atom is 0.335 e. The lowest BCUT2D eigenvalue weighted by atomic mass is 10.2. The van der Waals surface area contributed by atoms with Crippen molar-refractivity contribution < 1.29 is 9.84 Å². The summed E-state index contributed by atoms with van der Waals surface area (Å²) in [5, 5.41) is 10.7. The molecule has 0 aliphatic heterocycles. The molecule has 0 bridgehead atoms. The molecule has 2 heterocycles. The zero-order valence-electron chi connectivity index (χ0n) is 17.7. The van der Waals surface area contributed by atoms with E-state index in [-0.39, 0.29) is 11.3 Å². The van der Waals surface area contributed by atoms with Gasteiger partial charge in [-0.1, -0.05) is 0 Å². The Hall–Kier alpha value is -4.34. The summed E-state index contributed by atoms with van der Waals surface area (Å²) in [6.07, 6.45) is 1.18. The molecular weight excluding hydrogens is 414 g/mol. The highest BCUT2D eigenvalue weighted by Crippen LogP contribution is 2.22. The molecule has 0 aliphatic carbocycles. The Morgan fingerprint density at radius 3 is 2.41 bits per heavy atom. The number of aromatic hydroxyl groups is 1. The Labute approximate surface area is 181 Å². The number of nitrogens with zero attached hydrogens (tertiary/aromatic N) is 4. The molecule has 2 N–H and O–H groups in total. The van der Waals surface area contributed by atoms with Crippen molar-refractivity contribution in [1.29, 1.82) is 0 Å². The van der Waals surface area contributed by atoms with Gasteiger partial charge in [0, 0.05) is 20.3 Å². The first-order chi connectivity index (χ1) is 15.3. The standard InChI is InChI=1S/C22H21N5O5/c1-4-32-15-8-6-14(7-9-15)27-20(29)16(19(28)24-21(27)30)12-23-13-5-10-17-18(11-13)26(3)22(31)25(17)2/h5-12,29H,4H2,1-3H3,(H,24,28,30). The molecule has 0 saturated heterocycles. The lowest BCUT2D eigenvalue weighted by Gasteiger charge is -2.10. The second-order valence-electron chi connectivity index (χ2n) is 7.09. The van der Waals surface area contributed by atoms with Crippen LogP contribution < -0.4 is 21.7 Å². The van der Waals surface area contributed by atoms with Crippen molar-refractivity contribution in [2.24, 2.45) is 19.1 Å². The molecule has 0 fully saturated rings. The zero-order valence-corrected chi connectivity index (χ0v) is 17.7. The number of hydrogen-bond acceptors (Lipinski definition) is 6. The van der Waals surface area contributed by atoms with Crippen LogP contribution in [-0.4, -0.2) is 36.6 Å². The minimum atomic E-state index is -0.783. The maximum atomic E-state index is 12.4. The molecule has 32 heavy (non-hydrogen) atoms. The van der Waals surface area contributed by atoms with Crippen LogP contribution in [0.2, 0.25) is 0 Å². The van der Waals surface area contributed by atoms with E-state index < -0.39 is 17.1 Å². The largest absolute Gasteiger partial charge is 0.494 e. The fraction of sp³-hybridized carbons (Fsp3) is 0.182. The van der Waals surface area contributed by atoms with E-state index in [4.69, 9.17) is 4.74 Å². The lowest BCUT2D eigenvalue weighted by molar-refractivity contribution is 0.340. The third kappa shape index (κ3) is 3.51. The van der Waals surface area contributed by atoms with Crippen LogP contribution in [0.15, 0.2) is 61.8 Å². The van der Waals surface area contributed by atoms with Gasteiger partial charge in [0.2, 0.25) is 5.88 Å². The third-order valence-electron chi connectivity index (χ3n) is 5.13. The van der Waals surface area contributed by atoms with Crippen LogP contribution in [0, 0.1) is 0 Å². The summed E-state index contributed by atoms with van der Waals surface area (Å²) in [5.74, 6) is 0.0700. The first-order valence-electron chi connectivity index (χ1n) is 9.83. The minimum Gasteiger partial charge on any atom is -0.494 e. The molecule has 10 nitrogen and oxygen atoms in total. The number of benzene rings is 2. The summed E-state index contributed by atoms with van der Waals surface area (Å²) in [6.45, 7) is 2.35. The number of imidazole rings is 1. The van der Waals surface area contributed by atoms with Gasteiger partial charge in [-0.25, -0.2) is 14.2 Å². The smallest absolute Gasteiger partial charge is 0.335 e. The van der Waals surface area contributed by atoms with Crippen LogP contribution in [0.1, 0.15) is 12.5 Å². The van der Waals surface area contributed by atoms with Gasteiger partial charge in [0.05, 0.1) is 29.0 Å². The molecule has 0 radical (unpaired) electrons. The summed E-state index contributed by atoms with van der Waals surface area (Å²) >= 11 is 0. The number of nitrogens with one attached hydrogen (secondary N) is 1. The molecule has 0 atom stereocenters. The van der Waals surface area contributed by atoms with Gasteiger partial charge in [0.15, 0.2) is 0 Å². The van der Waals surface area contributed by atoms with Crippen LogP contribution in [-0.2, 0) is 14.1 Å². The highest BCUT2D eigenvalue weighted by atomic mass is 16.5. The molecule has 10 heteroatoms. The first-order valence-corrected chi connectivity index (χ1v) is 9.83. The average Bonchev–Trinajstić information content (AvgIpc) is 2.98. The van der Waals surface area contributed by atoms with Gasteiger partial charge in [0.25, 0.3) is 5.56 Å². The minimum absolute atomic E-state index is 0.169. The van der Waals surface area contributed by atoms with Crippen LogP contribution in [0.5, 0.6) is 11.6 Å². The van der Waals surface area contributed by atoms with E-state index in [9.17, 15) is 19.5 Å². The fourth-order valence-electron chi connectivity index (χ4n) is 3.47. The summed E-state index contributed by atoms with van der Waals surface area (Å²) in [6, 6.07) is 11.6. The van der Waals surface area contributed by atoms with Gasteiger partial charge >= 0.3 is 11.4 Å². The van der Waals surface area contributed by atoms with Gasteiger partial charge in [-0.3, -0.25) is 23.9 Å². The van der Waals surface area contributed by atoms with Crippen molar-refractivity contribution in [1.82, 2.24) is 18.7 Å². The second kappa shape index (κ2) is 8.06. The van der Waals surface area contributed by atoms with Crippen LogP contribution in [0.3, 0.4) is 0 Å². The van der Waals surface area contributed by atoms with Crippen molar-refractivity contribution in [3.8, 4) is 17.3 Å². The van der Waals surface area contributed by atoms with E-state index in [2.05, 4.69) is 9.98 Å². The summed E-state index contributed by atoms with van der Waals surface area (Å²) in [4.78, 5) is 43.2. The maximum absolute atomic E-state index is 12.4. The summed E-state index contributed by atoms with van der Waals surface area (Å²) < 4.78 is 9.37. The molecule has 0 saturated carbocycles. The number of aryl methyl sites for hydroxylation is 2.